The van der Waals surface area contributed by atoms with Crippen molar-refractivity contribution < 1.29 is 9.53 Å². The second kappa shape index (κ2) is 8.19. The number of rotatable bonds is 6. The highest BCUT2D eigenvalue weighted by atomic mass is 35.5. The van der Waals surface area contributed by atoms with Crippen LogP contribution in [-0.4, -0.2) is 22.1 Å². The minimum Gasteiger partial charge on any atom is -0.462 e. The van der Waals surface area contributed by atoms with Crippen LogP contribution in [0, 0.1) is 0 Å². The molecule has 5 heteroatoms. The molecule has 0 radical (unpaired) electrons. The van der Waals surface area contributed by atoms with Crippen molar-refractivity contribution in [1.82, 2.24) is 9.55 Å². The molecule has 0 aliphatic rings. The van der Waals surface area contributed by atoms with Crippen LogP contribution in [0.5, 0.6) is 0 Å². The first-order valence-electron chi connectivity index (χ1n) is 8.68. The molecule has 134 valence electrons. The zero-order valence-electron chi connectivity index (χ0n) is 14.9. The summed E-state index contributed by atoms with van der Waals surface area (Å²) >= 11 is 5.99. The standard InChI is InChI=1S/C21H21ClN2O2/c1-3-19-20(16-9-11-23-12-10-16)18(21(25)26-4-2)14-24(19)13-15-5-7-17(22)8-6-15/h5-12,14H,3-4,13H2,1-2H3. The van der Waals surface area contributed by atoms with E-state index in [9.17, 15) is 4.79 Å². The molecule has 1 aromatic carbocycles. The van der Waals surface area contributed by atoms with E-state index in [0.29, 0.717) is 23.7 Å². The fourth-order valence-corrected chi connectivity index (χ4v) is 3.24. The minimum atomic E-state index is -0.302. The molecule has 0 bridgehead atoms. The Bertz CT molecular complexity index is 886. The molecule has 0 spiro atoms. The Kier molecular flexibility index (Phi) is 5.74. The first kappa shape index (κ1) is 18.2. The monoisotopic (exact) mass is 368 g/mol. The Hall–Kier alpha value is -2.59. The fraction of sp³-hybridized carbons (Fsp3) is 0.238. The number of carbonyl (C=O) groups excluding carboxylic acids is 1. The number of pyridine rings is 1. The van der Waals surface area contributed by atoms with Gasteiger partial charge in [-0.05, 0) is 48.7 Å². The number of hydrogen-bond acceptors (Lipinski definition) is 3. The summed E-state index contributed by atoms with van der Waals surface area (Å²) in [7, 11) is 0. The van der Waals surface area contributed by atoms with Crippen LogP contribution in [0.4, 0.5) is 0 Å². The number of benzene rings is 1. The van der Waals surface area contributed by atoms with Gasteiger partial charge in [0.2, 0.25) is 0 Å². The van der Waals surface area contributed by atoms with Crippen molar-refractivity contribution in [3.8, 4) is 11.1 Å². The van der Waals surface area contributed by atoms with Gasteiger partial charge in [0.05, 0.1) is 12.2 Å². The second-order valence-corrected chi connectivity index (χ2v) is 6.37. The maximum Gasteiger partial charge on any atom is 0.340 e. The number of aromatic nitrogens is 2. The largest absolute Gasteiger partial charge is 0.462 e. The van der Waals surface area contributed by atoms with Gasteiger partial charge in [0.15, 0.2) is 0 Å². The number of esters is 1. The van der Waals surface area contributed by atoms with Gasteiger partial charge in [-0.2, -0.15) is 0 Å². The molecule has 0 atom stereocenters. The van der Waals surface area contributed by atoms with Crippen LogP contribution in [0.15, 0.2) is 55.0 Å². The van der Waals surface area contributed by atoms with E-state index in [1.807, 2.05) is 49.5 Å². The summed E-state index contributed by atoms with van der Waals surface area (Å²) < 4.78 is 7.40. The zero-order valence-corrected chi connectivity index (χ0v) is 15.7. The van der Waals surface area contributed by atoms with Gasteiger partial charge in [-0.1, -0.05) is 30.7 Å². The summed E-state index contributed by atoms with van der Waals surface area (Å²) in [5, 5.41) is 0.710. The molecule has 0 fully saturated rings. The molecule has 0 saturated heterocycles. The number of ether oxygens (including phenoxy) is 1. The van der Waals surface area contributed by atoms with Gasteiger partial charge in [0, 0.05) is 41.4 Å². The van der Waals surface area contributed by atoms with Crippen LogP contribution in [-0.2, 0) is 17.7 Å². The van der Waals surface area contributed by atoms with Gasteiger partial charge in [0.25, 0.3) is 0 Å². The number of halogens is 1. The van der Waals surface area contributed by atoms with E-state index in [1.165, 1.54) is 0 Å². The van der Waals surface area contributed by atoms with E-state index in [4.69, 9.17) is 16.3 Å². The number of nitrogens with zero attached hydrogens (tertiary/aromatic N) is 2. The predicted molar refractivity (Wildman–Crippen MR) is 104 cm³/mol. The van der Waals surface area contributed by atoms with Crippen LogP contribution in [0.2, 0.25) is 5.02 Å². The maximum atomic E-state index is 12.5. The Labute approximate surface area is 158 Å². The summed E-state index contributed by atoms with van der Waals surface area (Å²) in [5.41, 5.74) is 4.69. The van der Waals surface area contributed by atoms with Gasteiger partial charge in [-0.25, -0.2) is 4.79 Å². The molecular formula is C21H21ClN2O2. The van der Waals surface area contributed by atoms with Crippen molar-refractivity contribution in [3.63, 3.8) is 0 Å². The summed E-state index contributed by atoms with van der Waals surface area (Å²) in [6.07, 6.45) is 6.16. The van der Waals surface area contributed by atoms with Crippen LogP contribution < -0.4 is 0 Å². The molecule has 26 heavy (non-hydrogen) atoms. The maximum absolute atomic E-state index is 12.5. The third kappa shape index (κ3) is 3.81. The van der Waals surface area contributed by atoms with E-state index in [-0.39, 0.29) is 5.97 Å². The van der Waals surface area contributed by atoms with Crippen molar-refractivity contribution in [3.05, 3.63) is 76.8 Å². The molecule has 0 unspecified atom stereocenters. The van der Waals surface area contributed by atoms with Crippen molar-refractivity contribution in [2.75, 3.05) is 6.61 Å². The molecule has 0 aliphatic carbocycles. The van der Waals surface area contributed by atoms with Gasteiger partial charge < -0.3 is 9.30 Å². The van der Waals surface area contributed by atoms with E-state index < -0.39 is 0 Å². The lowest BCUT2D eigenvalue weighted by Crippen LogP contribution is -2.05. The fourth-order valence-electron chi connectivity index (χ4n) is 3.11. The van der Waals surface area contributed by atoms with E-state index >= 15 is 0 Å². The molecule has 0 aliphatic heterocycles. The van der Waals surface area contributed by atoms with Gasteiger partial charge in [-0.15, -0.1) is 0 Å². The van der Waals surface area contributed by atoms with Gasteiger partial charge in [-0.3, -0.25) is 4.98 Å². The highest BCUT2D eigenvalue weighted by Crippen LogP contribution is 2.31. The topological polar surface area (TPSA) is 44.1 Å². The second-order valence-electron chi connectivity index (χ2n) is 5.93. The Morgan fingerprint density at radius 3 is 2.42 bits per heavy atom. The van der Waals surface area contributed by atoms with Crippen molar-refractivity contribution in [2.24, 2.45) is 0 Å². The Morgan fingerprint density at radius 2 is 1.81 bits per heavy atom. The molecule has 2 heterocycles. The third-order valence-corrected chi connectivity index (χ3v) is 4.51. The third-order valence-electron chi connectivity index (χ3n) is 4.25. The van der Waals surface area contributed by atoms with E-state index in [2.05, 4.69) is 16.5 Å². The molecule has 0 N–H and O–H groups in total. The highest BCUT2D eigenvalue weighted by molar-refractivity contribution is 6.30. The van der Waals surface area contributed by atoms with Crippen LogP contribution in [0.3, 0.4) is 0 Å². The lowest BCUT2D eigenvalue weighted by Gasteiger charge is -2.10. The molecule has 3 aromatic rings. The number of carbonyl (C=O) groups is 1. The minimum absolute atomic E-state index is 0.302. The molecule has 2 aromatic heterocycles. The average Bonchev–Trinajstić information content (AvgIpc) is 3.03. The predicted octanol–water partition coefficient (Wildman–Crippen LogP) is 4.99. The molecular weight excluding hydrogens is 348 g/mol. The Balaban J connectivity index is 2.10. The quantitative estimate of drug-likeness (QED) is 0.575. The summed E-state index contributed by atoms with van der Waals surface area (Å²) in [4.78, 5) is 16.6. The summed E-state index contributed by atoms with van der Waals surface area (Å²) in [5.74, 6) is -0.302. The van der Waals surface area contributed by atoms with Crippen molar-refractivity contribution in [1.29, 1.82) is 0 Å². The van der Waals surface area contributed by atoms with Crippen LogP contribution >= 0.6 is 11.6 Å². The normalized spacial score (nSPS) is 10.7. The van der Waals surface area contributed by atoms with Gasteiger partial charge in [0.1, 0.15) is 0 Å². The van der Waals surface area contributed by atoms with Crippen molar-refractivity contribution >= 4 is 17.6 Å². The Morgan fingerprint density at radius 1 is 1.12 bits per heavy atom. The smallest absolute Gasteiger partial charge is 0.340 e. The number of hydrogen-bond donors (Lipinski definition) is 0. The first-order chi connectivity index (χ1) is 12.6. The lowest BCUT2D eigenvalue weighted by atomic mass is 10.0. The van der Waals surface area contributed by atoms with Crippen molar-refractivity contribution in [2.45, 2.75) is 26.8 Å². The zero-order chi connectivity index (χ0) is 18.5. The van der Waals surface area contributed by atoms with Crippen LogP contribution in [0.25, 0.3) is 11.1 Å². The van der Waals surface area contributed by atoms with E-state index in [0.717, 1.165) is 28.8 Å². The van der Waals surface area contributed by atoms with Crippen LogP contribution in [0.1, 0.15) is 35.5 Å². The van der Waals surface area contributed by atoms with Gasteiger partial charge >= 0.3 is 5.97 Å². The molecule has 0 saturated carbocycles. The summed E-state index contributed by atoms with van der Waals surface area (Å²) in [6.45, 7) is 4.92. The molecule has 3 rings (SSSR count). The average molecular weight is 369 g/mol. The molecule has 4 nitrogen and oxygen atoms in total. The molecule has 0 amide bonds. The lowest BCUT2D eigenvalue weighted by molar-refractivity contribution is 0.0527. The summed E-state index contributed by atoms with van der Waals surface area (Å²) in [6, 6.07) is 11.6. The van der Waals surface area contributed by atoms with E-state index in [1.54, 1.807) is 12.4 Å². The highest BCUT2D eigenvalue weighted by Gasteiger charge is 2.22. The first-order valence-corrected chi connectivity index (χ1v) is 9.05. The SMILES string of the molecule is CCOC(=O)c1cn(Cc2ccc(Cl)cc2)c(CC)c1-c1ccncc1.